The number of hydrogen-bond donors (Lipinski definition) is 0. The first-order valence-electron chi connectivity index (χ1n) is 8.71. The Labute approximate surface area is 143 Å². The molecule has 0 atom stereocenters. The van der Waals surface area contributed by atoms with E-state index < -0.39 is 0 Å². The Morgan fingerprint density at radius 2 is 1.71 bits per heavy atom. The van der Waals surface area contributed by atoms with Crippen molar-refractivity contribution in [3.8, 4) is 0 Å². The summed E-state index contributed by atoms with van der Waals surface area (Å²) in [5.74, 6) is 0.813. The molecule has 0 aliphatic carbocycles. The fourth-order valence-electron chi connectivity index (χ4n) is 3.44. The zero-order chi connectivity index (χ0) is 17.1. The van der Waals surface area contributed by atoms with Crippen LogP contribution < -0.4 is 4.90 Å². The molecule has 24 heavy (non-hydrogen) atoms. The number of aryl methyl sites for hydroxylation is 2. The van der Waals surface area contributed by atoms with Crippen LogP contribution in [0.4, 0.5) is 10.7 Å². The summed E-state index contributed by atoms with van der Waals surface area (Å²) in [4.78, 5) is 27.7. The van der Waals surface area contributed by atoms with E-state index in [1.54, 1.807) is 0 Å². The Hall–Kier alpha value is -1.89. The number of urea groups is 1. The number of morpholine rings is 1. The van der Waals surface area contributed by atoms with Gasteiger partial charge in [-0.1, -0.05) is 0 Å². The van der Waals surface area contributed by atoms with E-state index in [9.17, 15) is 4.79 Å². The molecule has 0 spiro atoms. The van der Waals surface area contributed by atoms with E-state index in [4.69, 9.17) is 4.74 Å². The second-order valence-electron chi connectivity index (χ2n) is 6.66. The highest BCUT2D eigenvalue weighted by Gasteiger charge is 2.29. The first-order chi connectivity index (χ1) is 11.5. The summed E-state index contributed by atoms with van der Waals surface area (Å²) in [7, 11) is 1.92. The van der Waals surface area contributed by atoms with Gasteiger partial charge < -0.3 is 19.4 Å². The van der Waals surface area contributed by atoms with E-state index in [1.165, 1.54) is 0 Å². The number of hydrogen-bond acceptors (Lipinski definition) is 5. The van der Waals surface area contributed by atoms with E-state index in [2.05, 4.69) is 14.9 Å². The first-order valence-corrected chi connectivity index (χ1v) is 8.71. The molecule has 2 aliphatic heterocycles. The van der Waals surface area contributed by atoms with Crippen molar-refractivity contribution >= 4 is 12.0 Å². The lowest BCUT2D eigenvalue weighted by atomic mass is 10.0. The van der Waals surface area contributed by atoms with Crippen molar-refractivity contribution in [3.63, 3.8) is 0 Å². The highest BCUT2D eigenvalue weighted by atomic mass is 16.5. The molecule has 3 heterocycles. The Morgan fingerprint density at radius 3 is 2.29 bits per heavy atom. The smallest absolute Gasteiger partial charge is 0.320 e. The summed E-state index contributed by atoms with van der Waals surface area (Å²) in [6, 6.07) is 2.40. The summed E-state index contributed by atoms with van der Waals surface area (Å²) in [5, 5.41) is 0. The van der Waals surface area contributed by atoms with Crippen LogP contribution in [0.3, 0.4) is 0 Å². The van der Waals surface area contributed by atoms with Gasteiger partial charge in [-0.2, -0.15) is 0 Å². The first kappa shape index (κ1) is 17.0. The minimum atomic E-state index is 0.124. The van der Waals surface area contributed by atoms with Crippen molar-refractivity contribution in [1.82, 2.24) is 19.8 Å². The number of piperidine rings is 1. The van der Waals surface area contributed by atoms with Gasteiger partial charge in [-0.3, -0.25) is 0 Å². The molecule has 1 aromatic rings. The standard InChI is InChI=1S/C17H27N5O2/c1-13-12-14(2)19-16(18-13)21-6-4-15(5-7-21)20(3)17(23)22-8-10-24-11-9-22/h12,15H,4-11H2,1-3H3. The molecule has 0 saturated carbocycles. The summed E-state index contributed by atoms with van der Waals surface area (Å²) in [6.07, 6.45) is 1.89. The second-order valence-corrected chi connectivity index (χ2v) is 6.66. The number of nitrogens with zero attached hydrogens (tertiary/aromatic N) is 5. The highest BCUT2D eigenvalue weighted by molar-refractivity contribution is 5.74. The summed E-state index contributed by atoms with van der Waals surface area (Å²) in [5.41, 5.74) is 2.00. The molecule has 0 radical (unpaired) electrons. The number of anilines is 1. The fraction of sp³-hybridized carbons (Fsp3) is 0.706. The average Bonchev–Trinajstić information content (AvgIpc) is 2.60. The van der Waals surface area contributed by atoms with E-state index in [0.717, 1.165) is 43.3 Å². The maximum atomic E-state index is 12.6. The monoisotopic (exact) mass is 333 g/mol. The number of aromatic nitrogens is 2. The molecule has 0 aromatic carbocycles. The Kier molecular flexibility index (Phi) is 5.18. The van der Waals surface area contributed by atoms with Gasteiger partial charge in [0.15, 0.2) is 0 Å². The normalized spacial score (nSPS) is 19.5. The molecule has 3 rings (SSSR count). The Morgan fingerprint density at radius 1 is 1.12 bits per heavy atom. The third-order valence-corrected chi connectivity index (χ3v) is 4.85. The van der Waals surface area contributed by atoms with Crippen LogP contribution in [0.2, 0.25) is 0 Å². The predicted molar refractivity (Wildman–Crippen MR) is 92.3 cm³/mol. The Balaban J connectivity index is 1.57. The molecule has 7 nitrogen and oxygen atoms in total. The maximum Gasteiger partial charge on any atom is 0.320 e. The maximum absolute atomic E-state index is 12.6. The van der Waals surface area contributed by atoms with Crippen LogP contribution in [0.1, 0.15) is 24.2 Å². The van der Waals surface area contributed by atoms with Crippen molar-refractivity contribution in [1.29, 1.82) is 0 Å². The predicted octanol–water partition coefficient (Wildman–Crippen LogP) is 1.45. The SMILES string of the molecule is Cc1cc(C)nc(N2CCC(N(C)C(=O)N3CCOCC3)CC2)n1. The van der Waals surface area contributed by atoms with Crippen molar-refractivity contribution in [2.45, 2.75) is 32.7 Å². The topological polar surface area (TPSA) is 61.8 Å². The van der Waals surface area contributed by atoms with Gasteiger partial charge in [0.05, 0.1) is 13.2 Å². The minimum Gasteiger partial charge on any atom is -0.378 e. The molecule has 2 amide bonds. The van der Waals surface area contributed by atoms with Crippen molar-refractivity contribution in [3.05, 3.63) is 17.5 Å². The van der Waals surface area contributed by atoms with Gasteiger partial charge >= 0.3 is 6.03 Å². The lowest BCUT2D eigenvalue weighted by molar-refractivity contribution is 0.0409. The zero-order valence-electron chi connectivity index (χ0n) is 14.9. The number of amides is 2. The Bertz CT molecular complexity index is 560. The molecule has 132 valence electrons. The molecule has 0 N–H and O–H groups in total. The number of rotatable bonds is 2. The van der Waals surface area contributed by atoms with Crippen LogP contribution in [-0.4, -0.2) is 78.3 Å². The molecular formula is C17H27N5O2. The molecule has 0 unspecified atom stereocenters. The van der Waals surface area contributed by atoms with Gasteiger partial charge in [-0.25, -0.2) is 14.8 Å². The molecule has 1 aromatic heterocycles. The van der Waals surface area contributed by atoms with E-state index in [1.807, 2.05) is 36.8 Å². The van der Waals surface area contributed by atoms with Gasteiger partial charge in [-0.15, -0.1) is 0 Å². The third-order valence-electron chi connectivity index (χ3n) is 4.85. The van der Waals surface area contributed by atoms with E-state index >= 15 is 0 Å². The summed E-state index contributed by atoms with van der Waals surface area (Å²) < 4.78 is 5.32. The number of ether oxygens (including phenoxy) is 1. The lowest BCUT2D eigenvalue weighted by Crippen LogP contribution is -2.52. The highest BCUT2D eigenvalue weighted by Crippen LogP contribution is 2.21. The van der Waals surface area contributed by atoms with Gasteiger partial charge in [0, 0.05) is 50.7 Å². The van der Waals surface area contributed by atoms with Crippen LogP contribution >= 0.6 is 0 Å². The minimum absolute atomic E-state index is 0.124. The van der Waals surface area contributed by atoms with E-state index in [-0.39, 0.29) is 12.1 Å². The number of carbonyl (C=O) groups is 1. The summed E-state index contributed by atoms with van der Waals surface area (Å²) in [6.45, 7) is 8.43. The second kappa shape index (κ2) is 7.34. The fourth-order valence-corrected chi connectivity index (χ4v) is 3.44. The van der Waals surface area contributed by atoms with Crippen LogP contribution in [0.15, 0.2) is 6.07 Å². The average molecular weight is 333 g/mol. The molecule has 7 heteroatoms. The molecular weight excluding hydrogens is 306 g/mol. The number of carbonyl (C=O) groups excluding carboxylic acids is 1. The largest absolute Gasteiger partial charge is 0.378 e. The van der Waals surface area contributed by atoms with Crippen molar-refractivity contribution < 1.29 is 9.53 Å². The quantitative estimate of drug-likeness (QED) is 0.820. The van der Waals surface area contributed by atoms with Crippen molar-refractivity contribution in [2.24, 2.45) is 0 Å². The molecule has 2 saturated heterocycles. The van der Waals surface area contributed by atoms with Crippen LogP contribution in [-0.2, 0) is 4.74 Å². The van der Waals surface area contributed by atoms with E-state index in [0.29, 0.717) is 26.3 Å². The molecule has 2 fully saturated rings. The molecule has 0 bridgehead atoms. The summed E-state index contributed by atoms with van der Waals surface area (Å²) >= 11 is 0. The van der Waals surface area contributed by atoms with Gasteiger partial charge in [-0.05, 0) is 32.8 Å². The van der Waals surface area contributed by atoms with Crippen LogP contribution in [0, 0.1) is 13.8 Å². The van der Waals surface area contributed by atoms with Crippen LogP contribution in [0.25, 0.3) is 0 Å². The third kappa shape index (κ3) is 3.77. The van der Waals surface area contributed by atoms with Crippen LogP contribution in [0.5, 0.6) is 0 Å². The van der Waals surface area contributed by atoms with Gasteiger partial charge in [0.1, 0.15) is 0 Å². The van der Waals surface area contributed by atoms with Gasteiger partial charge in [0.25, 0.3) is 0 Å². The van der Waals surface area contributed by atoms with Crippen molar-refractivity contribution in [2.75, 3.05) is 51.3 Å². The lowest BCUT2D eigenvalue weighted by Gasteiger charge is -2.39. The molecule has 2 aliphatic rings. The zero-order valence-corrected chi connectivity index (χ0v) is 14.9. The van der Waals surface area contributed by atoms with Gasteiger partial charge in [0.2, 0.25) is 5.95 Å².